The minimum atomic E-state index is -0.741. The van der Waals surface area contributed by atoms with Crippen LogP contribution >= 0.6 is 0 Å². The van der Waals surface area contributed by atoms with Crippen LogP contribution in [0, 0.1) is 5.82 Å². The Balaban J connectivity index is 2.18. The van der Waals surface area contributed by atoms with E-state index < -0.39 is 23.7 Å². The summed E-state index contributed by atoms with van der Waals surface area (Å²) in [6, 6.07) is 9.09. The maximum absolute atomic E-state index is 14.7. The second-order valence-corrected chi connectivity index (χ2v) is 8.36. The molecule has 0 heterocycles. The fourth-order valence-corrected chi connectivity index (χ4v) is 2.83. The molecule has 0 saturated carbocycles. The van der Waals surface area contributed by atoms with Crippen molar-refractivity contribution in [3.8, 4) is 28.4 Å². The average Bonchev–Trinajstić information content (AvgIpc) is 2.87. The molecule has 0 radical (unpaired) electrons. The Morgan fingerprint density at radius 3 is 1.95 bits per heavy atom. The SMILES string of the molecule is C=C(C)C(=O)OCCCOc1cc(OCCOC(=O)C(=C)C)ccc1-c1ccc(OC(=O)C(=C)C)c(F)c1. The standard InChI is InChI=1S/C29H31FO8/c1-18(2)27(31)36-13-7-12-35-26-17-22(34-14-15-37-28(32)19(3)4)9-10-23(26)21-8-11-25(24(30)16-21)38-29(33)20(5)6/h8-11,16-17H,1,3,5,7,12-15H2,2,4,6H3. The van der Waals surface area contributed by atoms with Crippen molar-refractivity contribution in [3.05, 3.63) is 78.7 Å². The molecule has 0 atom stereocenters. The summed E-state index contributed by atoms with van der Waals surface area (Å²) in [5.41, 5.74) is 1.73. The molecule has 0 aliphatic rings. The van der Waals surface area contributed by atoms with Crippen molar-refractivity contribution in [2.45, 2.75) is 27.2 Å². The van der Waals surface area contributed by atoms with Crippen molar-refractivity contribution < 1.29 is 42.5 Å². The molecule has 0 N–H and O–H groups in total. The van der Waals surface area contributed by atoms with Gasteiger partial charge in [0.2, 0.25) is 0 Å². The van der Waals surface area contributed by atoms with Crippen LogP contribution in [-0.2, 0) is 23.9 Å². The summed E-state index contributed by atoms with van der Waals surface area (Å²) in [5, 5.41) is 0. The molecular weight excluding hydrogens is 495 g/mol. The lowest BCUT2D eigenvalue weighted by Crippen LogP contribution is -2.12. The normalized spacial score (nSPS) is 10.2. The van der Waals surface area contributed by atoms with Crippen LogP contribution in [-0.4, -0.2) is 44.3 Å². The Morgan fingerprint density at radius 1 is 0.711 bits per heavy atom. The predicted molar refractivity (Wildman–Crippen MR) is 139 cm³/mol. The van der Waals surface area contributed by atoms with Gasteiger partial charge in [-0.15, -0.1) is 0 Å². The molecule has 9 heteroatoms. The van der Waals surface area contributed by atoms with Gasteiger partial charge in [0.1, 0.15) is 24.7 Å². The van der Waals surface area contributed by atoms with E-state index in [1.54, 1.807) is 38.1 Å². The van der Waals surface area contributed by atoms with Gasteiger partial charge >= 0.3 is 17.9 Å². The van der Waals surface area contributed by atoms with Crippen molar-refractivity contribution in [1.82, 2.24) is 0 Å². The van der Waals surface area contributed by atoms with Crippen LogP contribution in [0.15, 0.2) is 72.9 Å². The average molecular weight is 527 g/mol. The Morgan fingerprint density at radius 2 is 1.34 bits per heavy atom. The molecule has 0 saturated heterocycles. The monoisotopic (exact) mass is 526 g/mol. The molecule has 0 unspecified atom stereocenters. The van der Waals surface area contributed by atoms with Gasteiger partial charge in [-0.1, -0.05) is 25.8 Å². The predicted octanol–water partition coefficient (Wildman–Crippen LogP) is 5.36. The molecule has 2 rings (SSSR count). The first-order valence-corrected chi connectivity index (χ1v) is 11.7. The third kappa shape index (κ3) is 9.24. The van der Waals surface area contributed by atoms with Crippen molar-refractivity contribution in [3.63, 3.8) is 0 Å². The Hall–Kier alpha value is -4.40. The first-order chi connectivity index (χ1) is 18.0. The van der Waals surface area contributed by atoms with Crippen molar-refractivity contribution in [1.29, 1.82) is 0 Å². The van der Waals surface area contributed by atoms with Crippen LogP contribution in [0.2, 0.25) is 0 Å². The molecule has 202 valence electrons. The van der Waals surface area contributed by atoms with Gasteiger partial charge in [-0.05, 0) is 50.6 Å². The molecule has 0 spiro atoms. The quantitative estimate of drug-likeness (QED) is 0.140. The number of carbonyl (C=O) groups excluding carboxylic acids is 3. The summed E-state index contributed by atoms with van der Waals surface area (Å²) < 4.78 is 41.4. The Labute approximate surface area is 221 Å². The molecular formula is C29H31FO8. The number of carbonyl (C=O) groups is 3. The minimum Gasteiger partial charge on any atom is -0.493 e. The van der Waals surface area contributed by atoms with Crippen LogP contribution in [0.25, 0.3) is 11.1 Å². The molecule has 8 nitrogen and oxygen atoms in total. The van der Waals surface area contributed by atoms with E-state index in [1.165, 1.54) is 19.1 Å². The third-order valence-electron chi connectivity index (χ3n) is 4.81. The molecule has 0 aromatic heterocycles. The zero-order valence-corrected chi connectivity index (χ0v) is 21.8. The molecule has 2 aromatic rings. The number of hydrogen-bond acceptors (Lipinski definition) is 8. The smallest absolute Gasteiger partial charge is 0.338 e. The molecule has 0 fully saturated rings. The maximum atomic E-state index is 14.7. The van der Waals surface area contributed by atoms with E-state index in [1.807, 2.05) is 0 Å². The lowest BCUT2D eigenvalue weighted by atomic mass is 10.0. The van der Waals surface area contributed by atoms with E-state index in [-0.39, 0.29) is 43.3 Å². The van der Waals surface area contributed by atoms with Gasteiger partial charge in [-0.3, -0.25) is 0 Å². The zero-order valence-electron chi connectivity index (χ0n) is 21.8. The molecule has 0 aliphatic heterocycles. The summed E-state index contributed by atoms with van der Waals surface area (Å²) in [6.45, 7) is 15.5. The van der Waals surface area contributed by atoms with Gasteiger partial charge in [0.15, 0.2) is 11.6 Å². The van der Waals surface area contributed by atoms with E-state index in [0.29, 0.717) is 34.6 Å². The topological polar surface area (TPSA) is 97.4 Å². The molecule has 0 amide bonds. The van der Waals surface area contributed by atoms with E-state index in [4.69, 9.17) is 23.7 Å². The zero-order chi connectivity index (χ0) is 28.2. The van der Waals surface area contributed by atoms with Gasteiger partial charge in [0.05, 0.1) is 13.2 Å². The van der Waals surface area contributed by atoms with E-state index >= 15 is 0 Å². The first kappa shape index (κ1) is 29.8. The summed E-state index contributed by atoms with van der Waals surface area (Å²) in [4.78, 5) is 34.8. The van der Waals surface area contributed by atoms with Gasteiger partial charge in [0.25, 0.3) is 0 Å². The molecule has 38 heavy (non-hydrogen) atoms. The van der Waals surface area contributed by atoms with E-state index in [9.17, 15) is 18.8 Å². The highest BCUT2D eigenvalue weighted by Gasteiger charge is 2.15. The van der Waals surface area contributed by atoms with Crippen LogP contribution < -0.4 is 14.2 Å². The van der Waals surface area contributed by atoms with Crippen LogP contribution in [0.4, 0.5) is 4.39 Å². The summed E-state index contributed by atoms with van der Waals surface area (Å²) in [7, 11) is 0. The second kappa shape index (κ2) is 14.4. The maximum Gasteiger partial charge on any atom is 0.338 e. The number of halogens is 1. The second-order valence-electron chi connectivity index (χ2n) is 8.36. The summed E-state index contributed by atoms with van der Waals surface area (Å²) in [5.74, 6) is -1.91. The number of esters is 3. The number of rotatable bonds is 14. The lowest BCUT2D eigenvalue weighted by Gasteiger charge is -2.15. The third-order valence-corrected chi connectivity index (χ3v) is 4.81. The largest absolute Gasteiger partial charge is 0.493 e. The van der Waals surface area contributed by atoms with Gasteiger partial charge in [0, 0.05) is 34.8 Å². The van der Waals surface area contributed by atoms with Crippen molar-refractivity contribution in [2.24, 2.45) is 0 Å². The van der Waals surface area contributed by atoms with Crippen molar-refractivity contribution >= 4 is 17.9 Å². The van der Waals surface area contributed by atoms with Gasteiger partial charge < -0.3 is 23.7 Å². The minimum absolute atomic E-state index is 0.0211. The van der Waals surface area contributed by atoms with Crippen LogP contribution in [0.3, 0.4) is 0 Å². The van der Waals surface area contributed by atoms with E-state index in [0.717, 1.165) is 0 Å². The number of benzene rings is 2. The molecule has 2 aromatic carbocycles. The van der Waals surface area contributed by atoms with E-state index in [2.05, 4.69) is 19.7 Å². The Bertz CT molecular complexity index is 1230. The molecule has 0 bridgehead atoms. The lowest BCUT2D eigenvalue weighted by molar-refractivity contribution is -0.140. The first-order valence-electron chi connectivity index (χ1n) is 11.7. The van der Waals surface area contributed by atoms with Gasteiger partial charge in [-0.2, -0.15) is 0 Å². The summed E-state index contributed by atoms with van der Waals surface area (Å²) >= 11 is 0. The fraction of sp³-hybridized carbons (Fsp3) is 0.276. The van der Waals surface area contributed by atoms with Gasteiger partial charge in [-0.25, -0.2) is 18.8 Å². The Kier molecular flexibility index (Phi) is 11.3. The van der Waals surface area contributed by atoms with Crippen LogP contribution in [0.5, 0.6) is 17.2 Å². The molecule has 0 aliphatic carbocycles. The highest BCUT2D eigenvalue weighted by molar-refractivity contribution is 5.89. The highest BCUT2D eigenvalue weighted by Crippen LogP contribution is 2.35. The highest BCUT2D eigenvalue weighted by atomic mass is 19.1. The fourth-order valence-electron chi connectivity index (χ4n) is 2.83. The van der Waals surface area contributed by atoms with Crippen LogP contribution in [0.1, 0.15) is 27.2 Å². The number of ether oxygens (including phenoxy) is 5. The summed E-state index contributed by atoms with van der Waals surface area (Å²) in [6.07, 6.45) is 0.393. The van der Waals surface area contributed by atoms with Crippen molar-refractivity contribution in [2.75, 3.05) is 26.4 Å². The number of hydrogen-bond donors (Lipinski definition) is 0.